The first-order valence-corrected chi connectivity index (χ1v) is 5.57. The molecule has 0 saturated heterocycles. The topological polar surface area (TPSA) is 30.2 Å². The highest BCUT2D eigenvalue weighted by atomic mass is 32.1. The van der Waals surface area contributed by atoms with Crippen LogP contribution in [0.25, 0.3) is 16.2 Å². The van der Waals surface area contributed by atoms with Crippen molar-refractivity contribution in [1.82, 2.24) is 14.4 Å². The Kier molecular flexibility index (Phi) is 1.82. The third kappa shape index (κ3) is 1.26. The van der Waals surface area contributed by atoms with E-state index >= 15 is 0 Å². The lowest BCUT2D eigenvalue weighted by Gasteiger charge is -1.94. The average Bonchev–Trinajstić information content (AvgIpc) is 2.87. The molecule has 3 aromatic heterocycles. The van der Waals surface area contributed by atoms with Gasteiger partial charge < -0.3 is 4.40 Å². The SMILES string of the molecule is Cc1c(-c2cccs2)nc2cnccn12. The molecule has 0 aromatic carbocycles. The first-order chi connectivity index (χ1) is 7.36. The highest BCUT2D eigenvalue weighted by Gasteiger charge is 2.10. The summed E-state index contributed by atoms with van der Waals surface area (Å²) < 4.78 is 2.06. The fraction of sp³-hybridized carbons (Fsp3) is 0.0909. The van der Waals surface area contributed by atoms with Crippen LogP contribution in [0.15, 0.2) is 36.1 Å². The van der Waals surface area contributed by atoms with Gasteiger partial charge in [0.05, 0.1) is 11.1 Å². The zero-order valence-electron chi connectivity index (χ0n) is 8.21. The Bertz CT molecular complexity index is 595. The smallest absolute Gasteiger partial charge is 0.156 e. The van der Waals surface area contributed by atoms with Crippen LogP contribution in [-0.4, -0.2) is 14.4 Å². The van der Waals surface area contributed by atoms with Gasteiger partial charge in [-0.15, -0.1) is 11.3 Å². The molecular weight excluding hydrogens is 206 g/mol. The number of imidazole rings is 1. The minimum Gasteiger partial charge on any atom is -0.301 e. The van der Waals surface area contributed by atoms with Gasteiger partial charge in [0.1, 0.15) is 5.69 Å². The molecule has 74 valence electrons. The van der Waals surface area contributed by atoms with E-state index in [-0.39, 0.29) is 0 Å². The fourth-order valence-corrected chi connectivity index (χ4v) is 2.44. The van der Waals surface area contributed by atoms with E-state index in [0.29, 0.717) is 0 Å². The van der Waals surface area contributed by atoms with Crippen LogP contribution >= 0.6 is 11.3 Å². The molecule has 0 N–H and O–H groups in total. The van der Waals surface area contributed by atoms with Gasteiger partial charge in [-0.2, -0.15) is 0 Å². The normalized spacial score (nSPS) is 11.0. The molecule has 0 unspecified atom stereocenters. The van der Waals surface area contributed by atoms with Gasteiger partial charge in [-0.05, 0) is 18.4 Å². The van der Waals surface area contributed by atoms with Gasteiger partial charge in [0.2, 0.25) is 0 Å². The van der Waals surface area contributed by atoms with Gasteiger partial charge in [0.25, 0.3) is 0 Å². The number of rotatable bonds is 1. The van der Waals surface area contributed by atoms with Crippen LogP contribution in [-0.2, 0) is 0 Å². The molecule has 3 rings (SSSR count). The maximum Gasteiger partial charge on any atom is 0.156 e. The van der Waals surface area contributed by atoms with Gasteiger partial charge in [-0.25, -0.2) is 4.98 Å². The summed E-state index contributed by atoms with van der Waals surface area (Å²) in [4.78, 5) is 9.84. The predicted octanol–water partition coefficient (Wildman–Crippen LogP) is 2.77. The molecule has 0 aliphatic carbocycles. The van der Waals surface area contributed by atoms with E-state index in [4.69, 9.17) is 0 Å². The number of hydrogen-bond donors (Lipinski definition) is 0. The molecular formula is C11H9N3S. The van der Waals surface area contributed by atoms with Crippen LogP contribution in [0, 0.1) is 6.92 Å². The standard InChI is InChI=1S/C11H9N3S/c1-8-11(9-3-2-6-15-9)13-10-7-12-4-5-14(8)10/h2-7H,1H3. The highest BCUT2D eigenvalue weighted by Crippen LogP contribution is 2.27. The minimum atomic E-state index is 0.901. The molecule has 0 aliphatic rings. The number of fused-ring (bicyclic) bond motifs is 1. The van der Waals surface area contributed by atoms with Crippen molar-refractivity contribution >= 4 is 17.0 Å². The van der Waals surface area contributed by atoms with Gasteiger partial charge in [-0.1, -0.05) is 6.07 Å². The summed E-state index contributed by atoms with van der Waals surface area (Å²) in [5.74, 6) is 0. The molecule has 3 aromatic rings. The van der Waals surface area contributed by atoms with E-state index in [2.05, 4.69) is 32.7 Å². The molecule has 0 bridgehead atoms. The molecule has 0 amide bonds. The number of aryl methyl sites for hydroxylation is 1. The van der Waals surface area contributed by atoms with Crippen LogP contribution in [0.4, 0.5) is 0 Å². The Morgan fingerprint density at radius 3 is 3.07 bits per heavy atom. The zero-order valence-corrected chi connectivity index (χ0v) is 9.03. The third-order valence-corrected chi connectivity index (χ3v) is 3.30. The number of hydrogen-bond acceptors (Lipinski definition) is 3. The van der Waals surface area contributed by atoms with Crippen LogP contribution < -0.4 is 0 Å². The quantitative estimate of drug-likeness (QED) is 0.624. The second kappa shape index (κ2) is 3.17. The summed E-state index contributed by atoms with van der Waals surface area (Å²) in [7, 11) is 0. The van der Waals surface area contributed by atoms with Gasteiger partial charge in [0.15, 0.2) is 5.65 Å². The van der Waals surface area contributed by atoms with Crippen molar-refractivity contribution < 1.29 is 0 Å². The summed E-state index contributed by atoms with van der Waals surface area (Å²) in [6.07, 6.45) is 5.50. The van der Waals surface area contributed by atoms with Crippen LogP contribution in [0.5, 0.6) is 0 Å². The largest absolute Gasteiger partial charge is 0.301 e. The zero-order chi connectivity index (χ0) is 10.3. The maximum atomic E-state index is 4.57. The number of nitrogens with zero attached hydrogens (tertiary/aromatic N) is 3. The summed E-state index contributed by atoms with van der Waals surface area (Å²) in [5.41, 5.74) is 3.12. The van der Waals surface area contributed by atoms with Crippen LogP contribution in [0.1, 0.15) is 5.69 Å². The first kappa shape index (κ1) is 8.61. The molecule has 0 radical (unpaired) electrons. The van der Waals surface area contributed by atoms with E-state index in [1.807, 2.05) is 12.3 Å². The van der Waals surface area contributed by atoms with Crippen molar-refractivity contribution in [2.24, 2.45) is 0 Å². The Labute approximate surface area is 91.1 Å². The average molecular weight is 215 g/mol. The van der Waals surface area contributed by atoms with E-state index < -0.39 is 0 Å². The van der Waals surface area contributed by atoms with Crippen molar-refractivity contribution in [3.05, 3.63) is 41.8 Å². The number of thiophene rings is 1. The second-order valence-corrected chi connectivity index (χ2v) is 4.28. The van der Waals surface area contributed by atoms with Crippen molar-refractivity contribution in [1.29, 1.82) is 0 Å². The van der Waals surface area contributed by atoms with Gasteiger partial charge in [-0.3, -0.25) is 4.98 Å². The van der Waals surface area contributed by atoms with Crippen LogP contribution in [0.2, 0.25) is 0 Å². The van der Waals surface area contributed by atoms with Gasteiger partial charge >= 0.3 is 0 Å². The minimum absolute atomic E-state index is 0.901. The van der Waals surface area contributed by atoms with E-state index in [0.717, 1.165) is 17.0 Å². The molecule has 4 heteroatoms. The van der Waals surface area contributed by atoms with Crippen molar-refractivity contribution in [3.63, 3.8) is 0 Å². The van der Waals surface area contributed by atoms with E-state index in [9.17, 15) is 0 Å². The molecule has 15 heavy (non-hydrogen) atoms. The Hall–Kier alpha value is -1.68. The van der Waals surface area contributed by atoms with E-state index in [1.54, 1.807) is 23.7 Å². The molecule has 0 fully saturated rings. The van der Waals surface area contributed by atoms with Crippen molar-refractivity contribution in [2.45, 2.75) is 6.92 Å². The highest BCUT2D eigenvalue weighted by molar-refractivity contribution is 7.13. The Morgan fingerprint density at radius 2 is 2.33 bits per heavy atom. The van der Waals surface area contributed by atoms with Crippen LogP contribution in [0.3, 0.4) is 0 Å². The summed E-state index contributed by atoms with van der Waals surface area (Å²) in [6, 6.07) is 4.13. The summed E-state index contributed by atoms with van der Waals surface area (Å²) in [6.45, 7) is 2.08. The molecule has 3 heterocycles. The van der Waals surface area contributed by atoms with Gasteiger partial charge in [0, 0.05) is 18.1 Å². The monoisotopic (exact) mass is 215 g/mol. The van der Waals surface area contributed by atoms with Crippen molar-refractivity contribution in [3.8, 4) is 10.6 Å². The maximum absolute atomic E-state index is 4.57. The number of aromatic nitrogens is 3. The molecule has 0 spiro atoms. The lowest BCUT2D eigenvalue weighted by Crippen LogP contribution is -1.86. The fourth-order valence-electron chi connectivity index (χ4n) is 1.68. The summed E-state index contributed by atoms with van der Waals surface area (Å²) >= 11 is 1.71. The summed E-state index contributed by atoms with van der Waals surface area (Å²) in [5, 5.41) is 2.07. The molecule has 0 aliphatic heterocycles. The Morgan fingerprint density at radius 1 is 1.40 bits per heavy atom. The Balaban J connectivity index is 2.33. The van der Waals surface area contributed by atoms with Crippen molar-refractivity contribution in [2.75, 3.05) is 0 Å². The third-order valence-electron chi connectivity index (χ3n) is 2.42. The van der Waals surface area contributed by atoms with E-state index in [1.165, 1.54) is 4.88 Å². The molecule has 0 saturated carbocycles. The second-order valence-electron chi connectivity index (χ2n) is 3.33. The molecule has 3 nitrogen and oxygen atoms in total. The predicted molar refractivity (Wildman–Crippen MR) is 61.0 cm³/mol. The lowest BCUT2D eigenvalue weighted by molar-refractivity contribution is 1.08. The molecule has 0 atom stereocenters. The first-order valence-electron chi connectivity index (χ1n) is 4.69. The lowest BCUT2D eigenvalue weighted by atomic mass is 10.3.